The molecule has 2 heteroatoms. The van der Waals surface area contributed by atoms with Crippen molar-refractivity contribution in [3.63, 3.8) is 0 Å². The van der Waals surface area contributed by atoms with Gasteiger partial charge in [-0.15, -0.1) is 0 Å². The van der Waals surface area contributed by atoms with Crippen molar-refractivity contribution in [3.05, 3.63) is 35.4 Å². The zero-order valence-electron chi connectivity index (χ0n) is 8.09. The van der Waals surface area contributed by atoms with Crippen molar-refractivity contribution in [2.24, 2.45) is 0 Å². The van der Waals surface area contributed by atoms with Gasteiger partial charge >= 0.3 is 5.97 Å². The molecule has 1 N–H and O–H groups in total. The van der Waals surface area contributed by atoms with E-state index in [1.54, 1.807) is 6.07 Å². The smallest absolute Gasteiger partial charge is 0.335 e. The van der Waals surface area contributed by atoms with Gasteiger partial charge in [-0.25, -0.2) is 4.79 Å². The first kappa shape index (κ1) is 9.78. The van der Waals surface area contributed by atoms with Gasteiger partial charge in [0.1, 0.15) is 0 Å². The van der Waals surface area contributed by atoms with Crippen molar-refractivity contribution in [3.8, 4) is 0 Å². The highest BCUT2D eigenvalue weighted by Crippen LogP contribution is 2.22. The molecular formula is C11H13O2. The zero-order chi connectivity index (χ0) is 10.1. The third-order valence-electron chi connectivity index (χ3n) is 1.90. The van der Waals surface area contributed by atoms with E-state index in [4.69, 9.17) is 5.11 Å². The molecule has 0 unspecified atom stereocenters. The predicted octanol–water partition coefficient (Wildman–Crippen LogP) is 2.48. The summed E-state index contributed by atoms with van der Waals surface area (Å²) in [5.74, 6) is -0.901. The lowest BCUT2D eigenvalue weighted by atomic mass is 9.86. The second-order valence-electron chi connectivity index (χ2n) is 4.07. The van der Waals surface area contributed by atoms with Gasteiger partial charge in [0, 0.05) is 0 Å². The Morgan fingerprint density at radius 3 is 2.46 bits per heavy atom. The maximum atomic E-state index is 10.7. The zero-order valence-corrected chi connectivity index (χ0v) is 8.09. The molecule has 1 aromatic rings. The SMILES string of the molecule is CC(C)(C)c1c[c]cc(C(=O)O)c1. The number of carbonyl (C=O) groups is 1. The fourth-order valence-electron chi connectivity index (χ4n) is 1.03. The van der Waals surface area contributed by atoms with Crippen LogP contribution in [0.2, 0.25) is 0 Å². The van der Waals surface area contributed by atoms with E-state index in [1.807, 2.05) is 26.8 Å². The number of hydrogen-bond donors (Lipinski definition) is 1. The molecule has 0 aliphatic rings. The number of carboxylic acid groups (broad SMARTS) is 1. The lowest BCUT2D eigenvalue weighted by molar-refractivity contribution is 0.0696. The van der Waals surface area contributed by atoms with E-state index >= 15 is 0 Å². The van der Waals surface area contributed by atoms with Crippen LogP contribution in [0.1, 0.15) is 36.7 Å². The van der Waals surface area contributed by atoms with Crippen molar-refractivity contribution in [2.45, 2.75) is 26.2 Å². The Morgan fingerprint density at radius 1 is 1.38 bits per heavy atom. The molecule has 0 saturated heterocycles. The Labute approximate surface area is 78.2 Å². The highest BCUT2D eigenvalue weighted by molar-refractivity contribution is 5.87. The minimum atomic E-state index is -0.901. The maximum absolute atomic E-state index is 10.7. The molecule has 0 aliphatic heterocycles. The molecule has 2 nitrogen and oxygen atoms in total. The number of carboxylic acids is 1. The van der Waals surface area contributed by atoms with E-state index in [0.717, 1.165) is 5.56 Å². The van der Waals surface area contributed by atoms with Gasteiger partial charge in [0.15, 0.2) is 0 Å². The number of rotatable bonds is 1. The molecule has 0 aliphatic carbocycles. The van der Waals surface area contributed by atoms with Crippen molar-refractivity contribution in [2.75, 3.05) is 0 Å². The minimum Gasteiger partial charge on any atom is -0.478 e. The first-order valence-electron chi connectivity index (χ1n) is 4.16. The van der Waals surface area contributed by atoms with Crippen LogP contribution in [-0.2, 0) is 5.41 Å². The predicted molar refractivity (Wildman–Crippen MR) is 50.9 cm³/mol. The molecule has 0 saturated carbocycles. The fraction of sp³-hybridized carbons (Fsp3) is 0.364. The van der Waals surface area contributed by atoms with Gasteiger partial charge in [-0.2, -0.15) is 0 Å². The van der Waals surface area contributed by atoms with E-state index < -0.39 is 5.97 Å². The summed E-state index contributed by atoms with van der Waals surface area (Å²) in [5, 5.41) is 8.75. The maximum Gasteiger partial charge on any atom is 0.335 e. The van der Waals surface area contributed by atoms with Gasteiger partial charge in [0.05, 0.1) is 5.56 Å². The molecule has 1 rings (SSSR count). The summed E-state index contributed by atoms with van der Waals surface area (Å²) in [4.78, 5) is 10.7. The summed E-state index contributed by atoms with van der Waals surface area (Å²) in [7, 11) is 0. The average molecular weight is 177 g/mol. The van der Waals surface area contributed by atoms with Gasteiger partial charge in [0.25, 0.3) is 0 Å². The average Bonchev–Trinajstić information content (AvgIpc) is 2.03. The molecule has 1 aromatic carbocycles. The molecule has 0 aromatic heterocycles. The third kappa shape index (κ3) is 2.31. The van der Waals surface area contributed by atoms with E-state index in [2.05, 4.69) is 6.07 Å². The van der Waals surface area contributed by atoms with Crippen LogP contribution in [0.4, 0.5) is 0 Å². The lowest BCUT2D eigenvalue weighted by Gasteiger charge is -2.18. The molecule has 0 fully saturated rings. The molecule has 0 bridgehead atoms. The lowest BCUT2D eigenvalue weighted by Crippen LogP contribution is -2.12. The van der Waals surface area contributed by atoms with Gasteiger partial charge in [-0.3, -0.25) is 0 Å². The number of aromatic carboxylic acids is 1. The van der Waals surface area contributed by atoms with Crippen LogP contribution in [-0.4, -0.2) is 11.1 Å². The van der Waals surface area contributed by atoms with Gasteiger partial charge in [-0.1, -0.05) is 26.8 Å². The molecule has 0 heterocycles. The first-order valence-corrected chi connectivity index (χ1v) is 4.16. The van der Waals surface area contributed by atoms with Crippen molar-refractivity contribution in [1.29, 1.82) is 0 Å². The van der Waals surface area contributed by atoms with Crippen LogP contribution < -0.4 is 0 Å². The largest absolute Gasteiger partial charge is 0.478 e. The van der Waals surface area contributed by atoms with Crippen LogP contribution in [0.25, 0.3) is 0 Å². The van der Waals surface area contributed by atoms with Crippen molar-refractivity contribution >= 4 is 5.97 Å². The van der Waals surface area contributed by atoms with Crippen LogP contribution in [0.15, 0.2) is 18.2 Å². The summed E-state index contributed by atoms with van der Waals surface area (Å²) in [6.07, 6.45) is 0. The summed E-state index contributed by atoms with van der Waals surface area (Å²) >= 11 is 0. The molecule has 0 amide bonds. The summed E-state index contributed by atoms with van der Waals surface area (Å²) < 4.78 is 0. The highest BCUT2D eigenvalue weighted by Gasteiger charge is 2.14. The Balaban J connectivity index is 3.13. The Kier molecular flexibility index (Phi) is 2.41. The second-order valence-corrected chi connectivity index (χ2v) is 4.07. The summed E-state index contributed by atoms with van der Waals surface area (Å²) in [6, 6.07) is 7.84. The van der Waals surface area contributed by atoms with Gasteiger partial charge in [-0.05, 0) is 29.2 Å². The number of benzene rings is 1. The molecule has 13 heavy (non-hydrogen) atoms. The normalized spacial score (nSPS) is 11.3. The third-order valence-corrected chi connectivity index (χ3v) is 1.90. The monoisotopic (exact) mass is 177 g/mol. The molecule has 0 spiro atoms. The minimum absolute atomic E-state index is 0.0258. The second kappa shape index (κ2) is 3.21. The van der Waals surface area contributed by atoms with Crippen LogP contribution in [0, 0.1) is 6.07 Å². The molecule has 0 atom stereocenters. The van der Waals surface area contributed by atoms with E-state index in [1.165, 1.54) is 6.07 Å². The first-order chi connectivity index (χ1) is 5.91. The molecule has 1 radical (unpaired) electrons. The summed E-state index contributed by atoms with van der Waals surface area (Å²) in [5.41, 5.74) is 1.27. The Bertz CT molecular complexity index is 321. The highest BCUT2D eigenvalue weighted by atomic mass is 16.4. The Hall–Kier alpha value is -1.31. The topological polar surface area (TPSA) is 37.3 Å². The van der Waals surface area contributed by atoms with Crippen LogP contribution in [0.3, 0.4) is 0 Å². The number of hydrogen-bond acceptors (Lipinski definition) is 1. The Morgan fingerprint density at radius 2 is 2.00 bits per heavy atom. The quantitative estimate of drug-likeness (QED) is 0.715. The fourth-order valence-corrected chi connectivity index (χ4v) is 1.03. The van der Waals surface area contributed by atoms with Crippen LogP contribution >= 0.6 is 0 Å². The molecule has 69 valence electrons. The van der Waals surface area contributed by atoms with Gasteiger partial charge < -0.3 is 5.11 Å². The van der Waals surface area contributed by atoms with Crippen LogP contribution in [0.5, 0.6) is 0 Å². The van der Waals surface area contributed by atoms with Crippen molar-refractivity contribution in [1.82, 2.24) is 0 Å². The summed E-state index contributed by atoms with van der Waals surface area (Å²) in [6.45, 7) is 6.13. The van der Waals surface area contributed by atoms with E-state index in [9.17, 15) is 4.79 Å². The standard InChI is InChI=1S/C11H13O2/c1-11(2,3)9-6-4-5-8(7-9)10(12)13/h5-7H,1-3H3,(H,12,13). The molecular weight excluding hydrogens is 164 g/mol. The van der Waals surface area contributed by atoms with E-state index in [0.29, 0.717) is 5.56 Å². The van der Waals surface area contributed by atoms with Crippen molar-refractivity contribution < 1.29 is 9.90 Å². The van der Waals surface area contributed by atoms with E-state index in [-0.39, 0.29) is 5.41 Å². The van der Waals surface area contributed by atoms with Gasteiger partial charge in [0.2, 0.25) is 0 Å².